The predicted molar refractivity (Wildman–Crippen MR) is 119 cm³/mol. The van der Waals surface area contributed by atoms with Gasteiger partial charge in [0.1, 0.15) is 18.5 Å². The van der Waals surface area contributed by atoms with Gasteiger partial charge in [-0.3, -0.25) is 14.9 Å². The molecular weight excluding hydrogens is 398 g/mol. The number of nitrogens with zero attached hydrogens (tertiary/aromatic N) is 2. The molecule has 1 heterocycles. The molecule has 1 aliphatic heterocycles. The molecule has 1 saturated heterocycles. The van der Waals surface area contributed by atoms with E-state index in [0.717, 1.165) is 31.5 Å². The molecule has 0 aliphatic carbocycles. The lowest BCUT2D eigenvalue weighted by Gasteiger charge is -2.33. The van der Waals surface area contributed by atoms with Crippen LogP contribution in [0.15, 0.2) is 42.5 Å². The Bertz CT molecular complexity index is 925. The highest BCUT2D eigenvalue weighted by atomic mass is 16.6. The van der Waals surface area contributed by atoms with E-state index in [9.17, 15) is 20.0 Å². The van der Waals surface area contributed by atoms with Crippen molar-refractivity contribution in [3.05, 3.63) is 63.7 Å². The van der Waals surface area contributed by atoms with Crippen LogP contribution >= 0.6 is 0 Å². The molecule has 0 bridgehead atoms. The smallest absolute Gasteiger partial charge is 0.270 e. The number of hydrogen-bond acceptors (Lipinski definition) is 6. The number of non-ortho nitro benzene ring substituents is 1. The highest BCUT2D eigenvalue weighted by Gasteiger charge is 2.24. The lowest BCUT2D eigenvalue weighted by atomic mass is 9.98. The van der Waals surface area contributed by atoms with Gasteiger partial charge in [-0.2, -0.15) is 0 Å². The van der Waals surface area contributed by atoms with Gasteiger partial charge >= 0.3 is 0 Å². The van der Waals surface area contributed by atoms with Crippen molar-refractivity contribution in [2.24, 2.45) is 5.92 Å². The number of nitro benzene ring substituents is 1. The quantitative estimate of drug-likeness (QED) is 0.495. The van der Waals surface area contributed by atoms with Crippen LogP contribution in [0, 0.1) is 23.0 Å². The standard InChI is InChI=1S/C23H29N3O5/c1-16-8-10-25(11-9-16)22-7-6-18(26(29)30)13-21(22)23(28)24-14-19(27)15-31-20-5-3-4-17(2)12-20/h3-7,12-13,16,19,27H,8-11,14-15H2,1-2H3,(H,24,28). The Kier molecular flexibility index (Phi) is 7.46. The number of anilines is 1. The zero-order chi connectivity index (χ0) is 22.4. The first-order chi connectivity index (χ1) is 14.8. The number of nitrogens with one attached hydrogen (secondary N) is 1. The van der Waals surface area contributed by atoms with Crippen molar-refractivity contribution >= 4 is 17.3 Å². The Labute approximate surface area is 182 Å². The topological polar surface area (TPSA) is 105 Å². The van der Waals surface area contributed by atoms with E-state index < -0.39 is 16.9 Å². The number of rotatable bonds is 8. The van der Waals surface area contributed by atoms with Crippen LogP contribution in [0.25, 0.3) is 0 Å². The number of piperidine rings is 1. The average Bonchev–Trinajstić information content (AvgIpc) is 2.76. The van der Waals surface area contributed by atoms with Crippen LogP contribution < -0.4 is 15.0 Å². The second-order valence-electron chi connectivity index (χ2n) is 8.12. The second-order valence-corrected chi connectivity index (χ2v) is 8.12. The molecule has 2 aromatic rings. The number of carbonyl (C=O) groups excluding carboxylic acids is 1. The van der Waals surface area contributed by atoms with Gasteiger partial charge in [0.2, 0.25) is 0 Å². The maximum Gasteiger partial charge on any atom is 0.270 e. The van der Waals surface area contributed by atoms with E-state index in [4.69, 9.17) is 4.74 Å². The zero-order valence-corrected chi connectivity index (χ0v) is 17.9. The summed E-state index contributed by atoms with van der Waals surface area (Å²) in [4.78, 5) is 25.7. The molecule has 1 amide bonds. The molecule has 2 aromatic carbocycles. The predicted octanol–water partition coefficient (Wildman–Crippen LogP) is 3.31. The van der Waals surface area contributed by atoms with Crippen molar-refractivity contribution < 1.29 is 19.6 Å². The fourth-order valence-electron chi connectivity index (χ4n) is 3.61. The Morgan fingerprint density at radius 1 is 1.29 bits per heavy atom. The van der Waals surface area contributed by atoms with Crippen molar-refractivity contribution in [3.8, 4) is 5.75 Å². The van der Waals surface area contributed by atoms with Crippen LogP contribution in [-0.2, 0) is 0 Å². The number of carbonyl (C=O) groups is 1. The summed E-state index contributed by atoms with van der Waals surface area (Å²) in [7, 11) is 0. The summed E-state index contributed by atoms with van der Waals surface area (Å²) < 4.78 is 5.57. The van der Waals surface area contributed by atoms with Crippen LogP contribution in [0.5, 0.6) is 5.75 Å². The minimum atomic E-state index is -0.914. The maximum absolute atomic E-state index is 12.9. The Balaban J connectivity index is 1.64. The zero-order valence-electron chi connectivity index (χ0n) is 17.9. The number of hydrogen-bond donors (Lipinski definition) is 2. The normalized spacial score (nSPS) is 15.4. The van der Waals surface area contributed by atoms with Crippen molar-refractivity contribution in [2.45, 2.75) is 32.8 Å². The molecule has 8 nitrogen and oxygen atoms in total. The fraction of sp³-hybridized carbons (Fsp3) is 0.435. The molecule has 0 saturated carbocycles. The van der Waals surface area contributed by atoms with Crippen LogP contribution in [0.3, 0.4) is 0 Å². The van der Waals surface area contributed by atoms with Crippen LogP contribution in [0.2, 0.25) is 0 Å². The Hall–Kier alpha value is -3.13. The first-order valence-electron chi connectivity index (χ1n) is 10.5. The first-order valence-corrected chi connectivity index (χ1v) is 10.5. The van der Waals surface area contributed by atoms with E-state index in [2.05, 4.69) is 17.1 Å². The number of aliphatic hydroxyl groups is 1. The molecule has 31 heavy (non-hydrogen) atoms. The first kappa shape index (κ1) is 22.6. The van der Waals surface area contributed by atoms with E-state index in [0.29, 0.717) is 17.4 Å². The minimum Gasteiger partial charge on any atom is -0.491 e. The number of aryl methyl sites for hydroxylation is 1. The summed E-state index contributed by atoms with van der Waals surface area (Å²) in [5, 5.41) is 24.1. The monoisotopic (exact) mass is 427 g/mol. The van der Waals surface area contributed by atoms with Gasteiger partial charge in [-0.25, -0.2) is 0 Å². The maximum atomic E-state index is 12.9. The lowest BCUT2D eigenvalue weighted by Crippen LogP contribution is -2.38. The average molecular weight is 428 g/mol. The Morgan fingerprint density at radius 3 is 2.71 bits per heavy atom. The molecule has 1 atom stereocenters. The van der Waals surface area contributed by atoms with Crippen molar-refractivity contribution in [1.82, 2.24) is 5.32 Å². The molecule has 1 unspecified atom stereocenters. The van der Waals surface area contributed by atoms with Gasteiger partial charge in [0.25, 0.3) is 11.6 Å². The van der Waals surface area contributed by atoms with Crippen molar-refractivity contribution in [1.29, 1.82) is 0 Å². The molecule has 0 aromatic heterocycles. The molecule has 1 fully saturated rings. The summed E-state index contributed by atoms with van der Waals surface area (Å²) in [5.41, 5.74) is 1.84. The number of nitro groups is 1. The summed E-state index contributed by atoms with van der Waals surface area (Å²) in [6.45, 7) is 5.74. The Morgan fingerprint density at radius 2 is 2.03 bits per heavy atom. The SMILES string of the molecule is Cc1cccc(OCC(O)CNC(=O)c2cc([N+](=O)[O-])ccc2N2CCC(C)CC2)c1. The summed E-state index contributed by atoms with van der Waals surface area (Å²) in [5.74, 6) is 0.813. The second kappa shape index (κ2) is 10.3. The van der Waals surface area contributed by atoms with E-state index >= 15 is 0 Å². The van der Waals surface area contributed by atoms with Gasteiger partial charge in [0.15, 0.2) is 0 Å². The van der Waals surface area contributed by atoms with E-state index in [1.165, 1.54) is 12.1 Å². The summed E-state index contributed by atoms with van der Waals surface area (Å²) in [6, 6.07) is 11.8. The summed E-state index contributed by atoms with van der Waals surface area (Å²) in [6.07, 6.45) is 1.10. The minimum absolute atomic E-state index is 0.0234. The van der Waals surface area contributed by atoms with E-state index in [-0.39, 0.29) is 24.4 Å². The molecule has 2 N–H and O–H groups in total. The number of amides is 1. The van der Waals surface area contributed by atoms with Gasteiger partial charge in [-0.15, -0.1) is 0 Å². The van der Waals surface area contributed by atoms with Crippen molar-refractivity contribution in [2.75, 3.05) is 31.1 Å². The molecule has 0 spiro atoms. The summed E-state index contributed by atoms with van der Waals surface area (Å²) >= 11 is 0. The fourth-order valence-corrected chi connectivity index (χ4v) is 3.61. The molecule has 3 rings (SSSR count). The van der Waals surface area contributed by atoms with Crippen LogP contribution in [-0.4, -0.2) is 48.3 Å². The van der Waals surface area contributed by atoms with Gasteiger partial charge in [-0.1, -0.05) is 19.1 Å². The molecule has 166 valence electrons. The molecule has 8 heteroatoms. The third kappa shape index (κ3) is 6.18. The van der Waals surface area contributed by atoms with Crippen molar-refractivity contribution in [3.63, 3.8) is 0 Å². The van der Waals surface area contributed by atoms with Crippen LogP contribution in [0.1, 0.15) is 35.7 Å². The highest BCUT2D eigenvalue weighted by Crippen LogP contribution is 2.29. The van der Waals surface area contributed by atoms with Gasteiger partial charge in [0.05, 0.1) is 16.2 Å². The number of ether oxygens (including phenoxy) is 1. The lowest BCUT2D eigenvalue weighted by molar-refractivity contribution is -0.384. The molecular formula is C23H29N3O5. The third-order valence-electron chi connectivity index (χ3n) is 5.49. The largest absolute Gasteiger partial charge is 0.491 e. The van der Waals surface area contributed by atoms with Gasteiger partial charge in [0, 0.05) is 31.8 Å². The van der Waals surface area contributed by atoms with Gasteiger partial charge < -0.3 is 20.1 Å². The van der Waals surface area contributed by atoms with E-state index in [1.54, 1.807) is 12.1 Å². The number of benzene rings is 2. The highest BCUT2D eigenvalue weighted by molar-refractivity contribution is 6.00. The molecule has 1 aliphatic rings. The number of aliphatic hydroxyl groups excluding tert-OH is 1. The van der Waals surface area contributed by atoms with Gasteiger partial charge in [-0.05, 0) is 49.4 Å². The van der Waals surface area contributed by atoms with Crippen LogP contribution in [0.4, 0.5) is 11.4 Å². The van der Waals surface area contributed by atoms with E-state index in [1.807, 2.05) is 25.1 Å². The third-order valence-corrected chi connectivity index (χ3v) is 5.49. The molecule has 0 radical (unpaired) electrons.